The molecule has 0 saturated carbocycles. The number of hydrogen-bond acceptors (Lipinski definition) is 5. The van der Waals surface area contributed by atoms with Gasteiger partial charge in [-0.05, 0) is 19.1 Å². The summed E-state index contributed by atoms with van der Waals surface area (Å²) in [6, 6.07) is 10.3. The molecule has 0 radical (unpaired) electrons. The quantitative estimate of drug-likeness (QED) is 0.521. The number of aryl methyl sites for hydroxylation is 2. The first-order valence-electron chi connectivity index (χ1n) is 7.84. The number of carbonyl (C=O) groups is 1. The number of nitrogens with zero attached hydrogens (tertiary/aromatic N) is 3. The van der Waals surface area contributed by atoms with Crippen LogP contribution in [0.15, 0.2) is 41.4 Å². The van der Waals surface area contributed by atoms with E-state index in [1.54, 1.807) is 24.8 Å². The standard InChI is InChI=1S/C18H17N3O4S/c1-11-4-7-15(25-3)12(8-11)9-17(22)19-18-20(2)14-6-5-13(21(23)24)10-16(14)26-18/h4-8,10H,9H2,1-3H3. The van der Waals surface area contributed by atoms with Gasteiger partial charge in [0.05, 0.1) is 28.7 Å². The first kappa shape index (κ1) is 17.8. The molecule has 0 aliphatic carbocycles. The summed E-state index contributed by atoms with van der Waals surface area (Å²) in [5, 5.41) is 10.9. The van der Waals surface area contributed by atoms with Gasteiger partial charge in [0.2, 0.25) is 0 Å². The number of fused-ring (bicyclic) bond motifs is 1. The number of ether oxygens (including phenoxy) is 1. The van der Waals surface area contributed by atoms with Gasteiger partial charge in [-0.2, -0.15) is 4.99 Å². The average Bonchev–Trinajstić information content (AvgIpc) is 2.90. The molecule has 3 aromatic rings. The predicted molar refractivity (Wildman–Crippen MR) is 99.5 cm³/mol. The third-order valence-corrected chi connectivity index (χ3v) is 5.10. The first-order valence-corrected chi connectivity index (χ1v) is 8.65. The minimum absolute atomic E-state index is 0.0155. The van der Waals surface area contributed by atoms with Crippen LogP contribution in [0.2, 0.25) is 0 Å². The molecule has 0 bridgehead atoms. The zero-order valence-corrected chi connectivity index (χ0v) is 15.4. The zero-order valence-electron chi connectivity index (χ0n) is 14.6. The maximum atomic E-state index is 12.4. The van der Waals surface area contributed by atoms with Crippen LogP contribution < -0.4 is 9.54 Å². The molecular formula is C18H17N3O4S. The monoisotopic (exact) mass is 371 g/mol. The fraction of sp³-hybridized carbons (Fsp3) is 0.222. The molecule has 1 heterocycles. The van der Waals surface area contributed by atoms with Crippen LogP contribution in [0.4, 0.5) is 5.69 Å². The van der Waals surface area contributed by atoms with Crippen molar-refractivity contribution >= 4 is 33.1 Å². The Morgan fingerprint density at radius 1 is 1.31 bits per heavy atom. The van der Waals surface area contributed by atoms with Gasteiger partial charge in [0.15, 0.2) is 4.80 Å². The third-order valence-electron chi connectivity index (χ3n) is 4.00. The summed E-state index contributed by atoms with van der Waals surface area (Å²) in [4.78, 5) is 27.6. The molecule has 0 spiro atoms. The van der Waals surface area contributed by atoms with Crippen LogP contribution in [-0.2, 0) is 18.3 Å². The largest absolute Gasteiger partial charge is 0.496 e. The van der Waals surface area contributed by atoms with Gasteiger partial charge in [0.1, 0.15) is 5.75 Å². The number of benzene rings is 2. The highest BCUT2D eigenvalue weighted by Gasteiger charge is 2.12. The number of carbonyl (C=O) groups excluding carboxylic acids is 1. The van der Waals surface area contributed by atoms with Crippen molar-refractivity contribution in [2.75, 3.05) is 7.11 Å². The van der Waals surface area contributed by atoms with Crippen LogP contribution in [0.25, 0.3) is 10.2 Å². The van der Waals surface area contributed by atoms with Crippen molar-refractivity contribution in [3.8, 4) is 5.75 Å². The number of nitro groups is 1. The summed E-state index contributed by atoms with van der Waals surface area (Å²) >= 11 is 1.25. The maximum Gasteiger partial charge on any atom is 0.270 e. The molecule has 134 valence electrons. The lowest BCUT2D eigenvalue weighted by Crippen LogP contribution is -2.14. The SMILES string of the molecule is COc1ccc(C)cc1CC(=O)N=c1sc2cc([N+](=O)[O-])ccc2n1C. The second-order valence-electron chi connectivity index (χ2n) is 5.85. The van der Waals surface area contributed by atoms with E-state index in [1.165, 1.54) is 23.5 Å². The number of thiazole rings is 1. The number of hydrogen-bond donors (Lipinski definition) is 0. The van der Waals surface area contributed by atoms with Crippen molar-refractivity contribution in [2.24, 2.45) is 12.0 Å². The van der Waals surface area contributed by atoms with Gasteiger partial charge in [-0.3, -0.25) is 14.9 Å². The Labute approximate surface area is 153 Å². The van der Waals surface area contributed by atoms with Crippen molar-refractivity contribution < 1.29 is 14.5 Å². The minimum atomic E-state index is -0.439. The Morgan fingerprint density at radius 3 is 2.77 bits per heavy atom. The summed E-state index contributed by atoms with van der Waals surface area (Å²) in [5.41, 5.74) is 2.62. The molecule has 1 amide bonds. The lowest BCUT2D eigenvalue weighted by Gasteiger charge is -2.07. The molecule has 0 fully saturated rings. The van der Waals surface area contributed by atoms with Crippen LogP contribution in [0.3, 0.4) is 0 Å². The molecule has 1 aromatic heterocycles. The van der Waals surface area contributed by atoms with Gasteiger partial charge in [-0.1, -0.05) is 29.0 Å². The second kappa shape index (κ2) is 7.09. The van der Waals surface area contributed by atoms with E-state index in [0.717, 1.165) is 16.6 Å². The number of non-ortho nitro benzene ring substituents is 1. The summed E-state index contributed by atoms with van der Waals surface area (Å²) in [5.74, 6) is 0.348. The molecule has 0 aliphatic heterocycles. The van der Waals surface area contributed by atoms with E-state index in [4.69, 9.17) is 4.74 Å². The zero-order chi connectivity index (χ0) is 18.8. The Bertz CT molecular complexity index is 1080. The summed E-state index contributed by atoms with van der Waals surface area (Å²) in [6.45, 7) is 1.95. The van der Waals surface area contributed by atoms with E-state index in [9.17, 15) is 14.9 Å². The molecule has 7 nitrogen and oxygen atoms in total. The van der Waals surface area contributed by atoms with Gasteiger partial charge < -0.3 is 9.30 Å². The summed E-state index contributed by atoms with van der Waals surface area (Å²) < 4.78 is 7.77. The van der Waals surface area contributed by atoms with Gasteiger partial charge in [-0.15, -0.1) is 0 Å². The highest BCUT2D eigenvalue weighted by atomic mass is 32.1. The van der Waals surface area contributed by atoms with E-state index >= 15 is 0 Å². The number of methoxy groups -OCH3 is 1. The van der Waals surface area contributed by atoms with Crippen LogP contribution in [-0.4, -0.2) is 22.5 Å². The highest BCUT2D eigenvalue weighted by molar-refractivity contribution is 7.16. The summed E-state index contributed by atoms with van der Waals surface area (Å²) in [6.07, 6.45) is 0.124. The van der Waals surface area contributed by atoms with Crippen molar-refractivity contribution in [1.82, 2.24) is 4.57 Å². The second-order valence-corrected chi connectivity index (χ2v) is 6.86. The highest BCUT2D eigenvalue weighted by Crippen LogP contribution is 2.23. The molecule has 0 unspecified atom stereocenters. The molecule has 0 atom stereocenters. The average molecular weight is 371 g/mol. The van der Waals surface area contributed by atoms with E-state index in [0.29, 0.717) is 15.3 Å². The fourth-order valence-electron chi connectivity index (χ4n) is 2.70. The van der Waals surface area contributed by atoms with E-state index < -0.39 is 4.92 Å². The molecule has 0 aliphatic rings. The van der Waals surface area contributed by atoms with Crippen LogP contribution in [0.1, 0.15) is 11.1 Å². The van der Waals surface area contributed by atoms with Crippen LogP contribution >= 0.6 is 11.3 Å². The number of amides is 1. The van der Waals surface area contributed by atoms with Gasteiger partial charge >= 0.3 is 0 Å². The molecule has 26 heavy (non-hydrogen) atoms. The summed E-state index contributed by atoms with van der Waals surface area (Å²) in [7, 11) is 3.35. The van der Waals surface area contributed by atoms with Crippen LogP contribution in [0, 0.1) is 17.0 Å². The molecule has 8 heteroatoms. The van der Waals surface area contributed by atoms with E-state index in [1.807, 2.05) is 25.1 Å². The Hall–Kier alpha value is -3.00. The molecule has 0 N–H and O–H groups in total. The van der Waals surface area contributed by atoms with Crippen LogP contribution in [0.5, 0.6) is 5.75 Å². The molecular weight excluding hydrogens is 354 g/mol. The lowest BCUT2D eigenvalue weighted by atomic mass is 10.1. The van der Waals surface area contributed by atoms with Crippen molar-refractivity contribution in [3.63, 3.8) is 0 Å². The predicted octanol–water partition coefficient (Wildman–Crippen LogP) is 3.14. The third kappa shape index (κ3) is 3.50. The molecule has 3 rings (SSSR count). The number of nitro benzene ring substituents is 1. The Balaban J connectivity index is 1.97. The Kier molecular flexibility index (Phi) is 4.85. The van der Waals surface area contributed by atoms with Gasteiger partial charge in [-0.25, -0.2) is 0 Å². The van der Waals surface area contributed by atoms with E-state index in [2.05, 4.69) is 4.99 Å². The normalized spacial score (nSPS) is 11.7. The van der Waals surface area contributed by atoms with Crippen molar-refractivity contribution in [1.29, 1.82) is 0 Å². The smallest absolute Gasteiger partial charge is 0.270 e. The number of aromatic nitrogens is 1. The van der Waals surface area contributed by atoms with Gasteiger partial charge in [0.25, 0.3) is 11.6 Å². The first-order chi connectivity index (χ1) is 12.4. The van der Waals surface area contributed by atoms with E-state index in [-0.39, 0.29) is 18.0 Å². The minimum Gasteiger partial charge on any atom is -0.496 e. The topological polar surface area (TPSA) is 86.7 Å². The fourth-order valence-corrected chi connectivity index (χ4v) is 3.77. The number of rotatable bonds is 4. The lowest BCUT2D eigenvalue weighted by molar-refractivity contribution is -0.384. The Morgan fingerprint density at radius 2 is 2.08 bits per heavy atom. The van der Waals surface area contributed by atoms with Crippen molar-refractivity contribution in [2.45, 2.75) is 13.3 Å². The molecule has 2 aromatic carbocycles. The maximum absolute atomic E-state index is 12.4. The van der Waals surface area contributed by atoms with Crippen molar-refractivity contribution in [3.05, 3.63) is 62.4 Å². The molecule has 0 saturated heterocycles. The van der Waals surface area contributed by atoms with Gasteiger partial charge in [0, 0.05) is 24.7 Å².